The Morgan fingerprint density at radius 1 is 0.377 bits per heavy atom. The van der Waals surface area contributed by atoms with Crippen molar-refractivity contribution in [3.63, 3.8) is 0 Å². The summed E-state index contributed by atoms with van der Waals surface area (Å²) in [6.07, 6.45) is 7.96. The third kappa shape index (κ3) is 31.4. The van der Waals surface area contributed by atoms with Crippen LogP contribution in [0.1, 0.15) is 215 Å². The number of benzene rings is 6. The van der Waals surface area contributed by atoms with Gasteiger partial charge in [-0.05, 0) is 179 Å². The van der Waals surface area contributed by atoms with E-state index in [9.17, 15) is 50.7 Å². The van der Waals surface area contributed by atoms with Gasteiger partial charge in [0.1, 0.15) is 63.2 Å². The van der Waals surface area contributed by atoms with E-state index in [1.807, 2.05) is 65.5 Å². The lowest BCUT2D eigenvalue weighted by atomic mass is 9.93. The van der Waals surface area contributed by atoms with E-state index in [-0.39, 0.29) is 115 Å². The minimum atomic E-state index is -0.308. The smallest absolute Gasteiger partial charge is 0.274 e. The van der Waals surface area contributed by atoms with Crippen LogP contribution in [0.4, 0.5) is 22.0 Å². The van der Waals surface area contributed by atoms with Crippen LogP contribution in [0.5, 0.6) is 0 Å². The third-order valence-corrected chi connectivity index (χ3v) is 24.6. The standard InChI is InChI=1S/C19H28N4O.C18H23FN4O.C18H22FN3O.C17H20FN3O2.C16H21FN4O.C16H18FN3O2/c1-5-22(6-2)10-11-23(14-17-9-7-8-15(3)12-17)19(24)18-13-16(4)20-21-18;1-3-22-9-8-15(12-22)23(11-14-6-4-5-7-16(14)19)18(24)17-10-13(2)20-21-17;1-13-11-17(21-20-13)18(23)22(15-8-3-2-4-9-15)12-14-7-5-6-10-16(14)19;1-12-8-16(20-19-12)17(22)21(9-13-6-7-23-11-13)10-14-4-2-3-5-15(14)18;1-3-18-8-9-21(11-13-6-4-5-7-14(13)17)16(22)15-10-12(2)19-20-15;1-11-8-15(19-18-11)16(21)20(13-6-7-22-10-13)9-12-4-2-3-5-14(12)17/h7-9,12-13H,5-6,10-11,14H2,1-4H3,(H,20,21);4-7,10,15H,3,8-9,11-12H2,1-2H3,(H,20,21);5-7,10-11,15H,2-4,8-9,12H2,1H3,(H,20,21);2-5,8,13H,6-7,9-11H2,1H3,(H,19,20);4-7,10,18H,3,8-9,11H2,1-2H3,(H,19,20);2-5,8,13H,6-7,9-10H2,1H3,(H,18,19). The number of aromatic amines is 6. The van der Waals surface area contributed by atoms with Gasteiger partial charge in [-0.15, -0.1) is 0 Å². The average molecular weight is 1900 g/mol. The van der Waals surface area contributed by atoms with Gasteiger partial charge in [-0.25, -0.2) is 22.0 Å². The van der Waals surface area contributed by atoms with Crippen LogP contribution in [0.3, 0.4) is 0 Å². The molecule has 6 aromatic carbocycles. The molecule has 3 unspecified atom stereocenters. The molecule has 3 atom stereocenters. The SMILES string of the molecule is CCN(CC)CCN(Cc1cccc(C)c1)C(=O)c1cc(C)[nH]n1.CCN1CCC(N(Cc2ccccc2F)C(=O)c2cc(C)[nH]n2)C1.CCNCCN(Cc1ccccc1F)C(=O)c1cc(C)[nH]n1.Cc1cc(C(=O)N(Cc2ccccc2F)C2CCCCC2)n[nH]1.Cc1cc(C(=O)N(Cc2ccccc2F)C2CCOC2)n[nH]1.Cc1cc(C(=O)N(Cc2ccccc2F)CC2CCOC2)n[nH]1. The number of hydrogen-bond donors (Lipinski definition) is 7. The maximum Gasteiger partial charge on any atom is 0.274 e. The summed E-state index contributed by atoms with van der Waals surface area (Å²) in [5, 5.41) is 44.3. The lowest BCUT2D eigenvalue weighted by molar-refractivity contribution is 0.0602. The first-order valence-electron chi connectivity index (χ1n) is 47.6. The summed E-state index contributed by atoms with van der Waals surface area (Å²) in [5.41, 5.74) is 12.3. The van der Waals surface area contributed by atoms with Gasteiger partial charge >= 0.3 is 0 Å². The zero-order valence-corrected chi connectivity index (χ0v) is 81.1. The molecule has 9 heterocycles. The highest BCUT2D eigenvalue weighted by molar-refractivity contribution is 5.95. The molecule has 6 amide bonds. The number of hydrogen-bond acceptors (Lipinski definition) is 17. The molecular weight excluding hydrogens is 1770 g/mol. The number of carbonyl (C=O) groups is 6. The molecule has 12 aromatic rings. The predicted molar refractivity (Wildman–Crippen MR) is 519 cm³/mol. The molecule has 1 saturated carbocycles. The first-order chi connectivity index (χ1) is 66.6. The van der Waals surface area contributed by atoms with Gasteiger partial charge in [0.05, 0.1) is 19.3 Å². The molecular formula is C104H132F5N21O8. The van der Waals surface area contributed by atoms with Gasteiger partial charge in [0.25, 0.3) is 35.4 Å². The summed E-state index contributed by atoms with van der Waals surface area (Å²) in [7, 11) is 0. The van der Waals surface area contributed by atoms with Crippen molar-refractivity contribution in [3.05, 3.63) is 318 Å². The number of carbonyl (C=O) groups excluding carboxylic acids is 6. The number of amides is 6. The molecule has 4 fully saturated rings. The molecule has 34 heteroatoms. The van der Waals surface area contributed by atoms with Crippen molar-refractivity contribution in [2.45, 2.75) is 185 Å². The number of aryl methyl sites for hydroxylation is 7. The number of likely N-dealkylation sites (tertiary alicyclic amines) is 1. The molecule has 29 nitrogen and oxygen atoms in total. The van der Waals surface area contributed by atoms with Crippen molar-refractivity contribution >= 4 is 35.4 Å². The summed E-state index contributed by atoms with van der Waals surface area (Å²) in [4.78, 5) is 91.8. The van der Waals surface area contributed by atoms with E-state index >= 15 is 0 Å². The van der Waals surface area contributed by atoms with E-state index in [1.54, 1.807) is 146 Å². The Kier molecular flexibility index (Phi) is 40.9. The van der Waals surface area contributed by atoms with Crippen molar-refractivity contribution in [2.24, 2.45) is 5.92 Å². The number of likely N-dealkylation sites (N-methyl/N-ethyl adjacent to an activating group) is 3. The van der Waals surface area contributed by atoms with Crippen LogP contribution in [0, 0.1) is 83.5 Å². The zero-order valence-electron chi connectivity index (χ0n) is 81.1. The molecule has 6 aromatic heterocycles. The molecule has 3 saturated heterocycles. The third-order valence-electron chi connectivity index (χ3n) is 24.6. The summed E-state index contributed by atoms with van der Waals surface area (Å²) in [6, 6.07) is 51.7. The minimum Gasteiger partial charge on any atom is -0.381 e. The number of nitrogens with zero attached hydrogens (tertiary/aromatic N) is 14. The second-order valence-electron chi connectivity index (χ2n) is 35.3. The Balaban J connectivity index is 0.000000159. The van der Waals surface area contributed by atoms with Crippen LogP contribution in [0.2, 0.25) is 0 Å². The van der Waals surface area contributed by atoms with Gasteiger partial charge in [-0.2, -0.15) is 30.6 Å². The van der Waals surface area contributed by atoms with Gasteiger partial charge in [-0.3, -0.25) is 59.4 Å². The van der Waals surface area contributed by atoms with E-state index in [2.05, 4.69) is 122 Å². The van der Waals surface area contributed by atoms with Crippen LogP contribution in [-0.4, -0.2) is 252 Å². The summed E-state index contributed by atoms with van der Waals surface area (Å²) in [5.74, 6) is -2.06. The van der Waals surface area contributed by atoms with Crippen LogP contribution in [0.25, 0.3) is 0 Å². The van der Waals surface area contributed by atoms with Crippen molar-refractivity contribution in [1.82, 2.24) is 106 Å². The maximum atomic E-state index is 14.1. The van der Waals surface area contributed by atoms with E-state index in [0.29, 0.717) is 128 Å². The van der Waals surface area contributed by atoms with Crippen molar-refractivity contribution in [1.29, 1.82) is 0 Å². The number of aromatic nitrogens is 12. The minimum absolute atomic E-state index is 0.0204. The molecule has 0 bridgehead atoms. The first kappa shape index (κ1) is 105. The zero-order chi connectivity index (χ0) is 98.6. The molecule has 0 spiro atoms. The second kappa shape index (κ2) is 53.5. The van der Waals surface area contributed by atoms with Gasteiger partial charge in [0.15, 0.2) is 0 Å². The van der Waals surface area contributed by atoms with Crippen molar-refractivity contribution in [3.8, 4) is 0 Å². The highest BCUT2D eigenvalue weighted by atomic mass is 19.1. The fourth-order valence-electron chi connectivity index (χ4n) is 16.8. The maximum absolute atomic E-state index is 14.1. The Hall–Kier alpha value is -13.2. The lowest BCUT2D eigenvalue weighted by Crippen LogP contribution is -2.42. The first-order valence-corrected chi connectivity index (χ1v) is 47.6. The quantitative estimate of drug-likeness (QED) is 0.0148. The Morgan fingerprint density at radius 2 is 0.746 bits per heavy atom. The number of ether oxygens (including phenoxy) is 2. The predicted octanol–water partition coefficient (Wildman–Crippen LogP) is 16.4. The van der Waals surface area contributed by atoms with Crippen LogP contribution < -0.4 is 5.32 Å². The van der Waals surface area contributed by atoms with E-state index in [0.717, 1.165) is 130 Å². The van der Waals surface area contributed by atoms with Crippen molar-refractivity contribution in [2.75, 3.05) is 98.4 Å². The highest BCUT2D eigenvalue weighted by Gasteiger charge is 2.35. The van der Waals surface area contributed by atoms with Gasteiger partial charge < -0.3 is 54.0 Å². The average Bonchev–Trinajstić information content (AvgIpc) is 1.80. The number of rotatable bonds is 33. The van der Waals surface area contributed by atoms with E-state index in [1.165, 1.54) is 42.3 Å². The molecule has 16 rings (SSSR count). The Morgan fingerprint density at radius 3 is 1.10 bits per heavy atom. The van der Waals surface area contributed by atoms with Crippen molar-refractivity contribution < 1.29 is 60.2 Å². The van der Waals surface area contributed by atoms with Gasteiger partial charge in [-0.1, -0.05) is 168 Å². The van der Waals surface area contributed by atoms with Crippen LogP contribution in [-0.2, 0) is 48.7 Å². The molecule has 4 aliphatic rings. The normalized spacial score (nSPS) is 15.1. The molecule has 3 aliphatic heterocycles. The largest absolute Gasteiger partial charge is 0.381 e. The molecule has 1 aliphatic carbocycles. The van der Waals surface area contributed by atoms with Gasteiger partial charge in [0.2, 0.25) is 0 Å². The molecule has 138 heavy (non-hydrogen) atoms. The second-order valence-corrected chi connectivity index (χ2v) is 35.3. The lowest BCUT2D eigenvalue weighted by Gasteiger charge is -2.34. The van der Waals surface area contributed by atoms with Gasteiger partial charge in [0, 0.05) is 178 Å². The highest BCUT2D eigenvalue weighted by Crippen LogP contribution is 2.29. The summed E-state index contributed by atoms with van der Waals surface area (Å²) >= 11 is 0. The Bertz CT molecular complexity index is 5830. The topological polar surface area (TPSA) is 331 Å². The number of H-pyrrole nitrogens is 6. The number of halogens is 5. The molecule has 7 N–H and O–H groups in total. The number of nitrogens with one attached hydrogen (secondary N) is 7. The van der Waals surface area contributed by atoms with Crippen LogP contribution >= 0.6 is 0 Å². The van der Waals surface area contributed by atoms with Crippen LogP contribution in [0.15, 0.2) is 182 Å². The fraction of sp³-hybridized carbons (Fsp3) is 0.423. The molecule has 0 radical (unpaired) electrons. The monoisotopic (exact) mass is 1900 g/mol. The molecule has 736 valence electrons. The summed E-state index contributed by atoms with van der Waals surface area (Å²) in [6.45, 7) is 34.7. The van der Waals surface area contributed by atoms with E-state index in [4.69, 9.17) is 9.47 Å². The van der Waals surface area contributed by atoms with E-state index < -0.39 is 0 Å². The fourth-order valence-corrected chi connectivity index (χ4v) is 16.8. The summed E-state index contributed by atoms with van der Waals surface area (Å²) < 4.78 is 80.6. The Labute approximate surface area is 804 Å².